The van der Waals surface area contributed by atoms with Gasteiger partial charge in [-0.05, 0) is 54.5 Å². The molecule has 2 fully saturated rings. The van der Waals surface area contributed by atoms with Gasteiger partial charge in [-0.15, -0.1) is 11.3 Å². The van der Waals surface area contributed by atoms with Crippen molar-refractivity contribution in [1.82, 2.24) is 5.32 Å². The number of thiophene rings is 1. The van der Waals surface area contributed by atoms with Crippen molar-refractivity contribution in [2.24, 2.45) is 11.8 Å². The van der Waals surface area contributed by atoms with Gasteiger partial charge in [0.05, 0.1) is 0 Å². The van der Waals surface area contributed by atoms with Gasteiger partial charge < -0.3 is 5.32 Å². The highest BCUT2D eigenvalue weighted by Crippen LogP contribution is 2.52. The number of hydrogen-bond donors (Lipinski definition) is 1. The van der Waals surface area contributed by atoms with Crippen molar-refractivity contribution in [3.8, 4) is 0 Å². The highest BCUT2D eigenvalue weighted by molar-refractivity contribution is 7.10. The average molecular weight is 233 g/mol. The molecule has 86 valence electrons. The van der Waals surface area contributed by atoms with Gasteiger partial charge in [0, 0.05) is 17.0 Å². The van der Waals surface area contributed by atoms with E-state index in [1.807, 2.05) is 11.3 Å². The van der Waals surface area contributed by atoms with E-state index in [0.717, 1.165) is 11.8 Å². The lowest BCUT2D eigenvalue weighted by Crippen LogP contribution is -2.50. The summed E-state index contributed by atoms with van der Waals surface area (Å²) < 4.78 is 0. The quantitative estimate of drug-likeness (QED) is 0.725. The fourth-order valence-corrected chi connectivity index (χ4v) is 5.43. The standard InChI is InChI=1S/C14H19NS/c1-2-11-7-10(1)8-14(9-11)12-4-6-16-13(12)3-5-15-14/h4,6,10-11,15H,1-3,5,7-9H2/t10-,11+,14?. The molecule has 0 amide bonds. The molecule has 1 aromatic rings. The largest absolute Gasteiger partial charge is 0.307 e. The topological polar surface area (TPSA) is 12.0 Å². The second-order valence-corrected chi connectivity index (χ2v) is 6.97. The van der Waals surface area contributed by atoms with Gasteiger partial charge in [-0.2, -0.15) is 0 Å². The smallest absolute Gasteiger partial charge is 0.0451 e. The van der Waals surface area contributed by atoms with Crippen LogP contribution in [-0.4, -0.2) is 6.54 Å². The molecule has 1 nitrogen and oxygen atoms in total. The van der Waals surface area contributed by atoms with Crippen LogP contribution in [0.2, 0.25) is 0 Å². The van der Waals surface area contributed by atoms with Gasteiger partial charge in [-0.3, -0.25) is 0 Å². The summed E-state index contributed by atoms with van der Waals surface area (Å²) in [6.07, 6.45) is 8.58. The Morgan fingerprint density at radius 2 is 2.06 bits per heavy atom. The summed E-state index contributed by atoms with van der Waals surface area (Å²) in [7, 11) is 0. The molecule has 1 aliphatic heterocycles. The SMILES string of the molecule is c1cc2c(s1)CCNC21C[C@@H]2CC[C@@H](C2)C1. The Balaban J connectivity index is 1.78. The lowest BCUT2D eigenvalue weighted by molar-refractivity contribution is 0.165. The number of rotatable bonds is 0. The van der Waals surface area contributed by atoms with E-state index in [1.54, 1.807) is 10.4 Å². The zero-order valence-electron chi connectivity index (χ0n) is 9.67. The first-order valence-corrected chi connectivity index (χ1v) is 7.56. The second kappa shape index (κ2) is 3.33. The molecule has 2 bridgehead atoms. The van der Waals surface area contributed by atoms with E-state index >= 15 is 0 Å². The first kappa shape index (κ1) is 9.67. The molecule has 2 aliphatic carbocycles. The Bertz CT molecular complexity index is 397. The van der Waals surface area contributed by atoms with Crippen molar-refractivity contribution < 1.29 is 0 Å². The molecular formula is C14H19NS. The highest BCUT2D eigenvalue weighted by atomic mass is 32.1. The fraction of sp³-hybridized carbons (Fsp3) is 0.714. The van der Waals surface area contributed by atoms with E-state index in [9.17, 15) is 0 Å². The molecule has 2 heterocycles. The third kappa shape index (κ3) is 1.26. The van der Waals surface area contributed by atoms with Crippen LogP contribution in [0, 0.1) is 11.8 Å². The summed E-state index contributed by atoms with van der Waals surface area (Å²) in [5.41, 5.74) is 2.05. The van der Waals surface area contributed by atoms with Gasteiger partial charge in [-0.25, -0.2) is 0 Å². The molecule has 0 radical (unpaired) electrons. The van der Waals surface area contributed by atoms with Gasteiger partial charge in [0.15, 0.2) is 0 Å². The van der Waals surface area contributed by atoms with Crippen molar-refractivity contribution in [3.63, 3.8) is 0 Å². The van der Waals surface area contributed by atoms with Gasteiger partial charge in [0.1, 0.15) is 0 Å². The van der Waals surface area contributed by atoms with Crippen LogP contribution >= 0.6 is 11.3 Å². The van der Waals surface area contributed by atoms with E-state index in [2.05, 4.69) is 16.8 Å². The zero-order valence-corrected chi connectivity index (χ0v) is 10.5. The molecule has 16 heavy (non-hydrogen) atoms. The molecule has 3 atom stereocenters. The van der Waals surface area contributed by atoms with Crippen LogP contribution in [0.5, 0.6) is 0 Å². The minimum Gasteiger partial charge on any atom is -0.307 e. The Kier molecular flexibility index (Phi) is 2.01. The number of hydrogen-bond acceptors (Lipinski definition) is 2. The number of fused-ring (bicyclic) bond motifs is 4. The van der Waals surface area contributed by atoms with Crippen molar-refractivity contribution in [1.29, 1.82) is 0 Å². The molecule has 4 rings (SSSR count). The maximum atomic E-state index is 3.88. The van der Waals surface area contributed by atoms with Crippen LogP contribution in [0.3, 0.4) is 0 Å². The van der Waals surface area contributed by atoms with E-state index in [4.69, 9.17) is 0 Å². The van der Waals surface area contributed by atoms with Gasteiger partial charge in [0.25, 0.3) is 0 Å². The van der Waals surface area contributed by atoms with Crippen LogP contribution in [0.25, 0.3) is 0 Å². The summed E-state index contributed by atoms with van der Waals surface area (Å²) in [4.78, 5) is 1.67. The predicted octanol–water partition coefficient (Wildman–Crippen LogP) is 3.30. The molecule has 0 aromatic carbocycles. The summed E-state index contributed by atoms with van der Waals surface area (Å²) in [5, 5.41) is 6.19. The van der Waals surface area contributed by atoms with E-state index in [1.165, 1.54) is 45.1 Å². The third-order valence-electron chi connectivity index (χ3n) is 5.00. The van der Waals surface area contributed by atoms with Crippen LogP contribution in [0.1, 0.15) is 42.5 Å². The van der Waals surface area contributed by atoms with Gasteiger partial charge in [0.2, 0.25) is 0 Å². The lowest BCUT2D eigenvalue weighted by atomic mass is 9.70. The summed E-state index contributed by atoms with van der Waals surface area (Å²) in [6, 6.07) is 2.40. The minimum absolute atomic E-state index is 0.387. The first-order chi connectivity index (χ1) is 7.86. The number of nitrogens with one attached hydrogen (secondary N) is 1. The average Bonchev–Trinajstić information content (AvgIpc) is 2.87. The molecule has 2 saturated carbocycles. The van der Waals surface area contributed by atoms with Crippen molar-refractivity contribution in [3.05, 3.63) is 21.9 Å². The molecule has 0 saturated heterocycles. The molecule has 1 N–H and O–H groups in total. The Morgan fingerprint density at radius 1 is 1.25 bits per heavy atom. The fourth-order valence-electron chi connectivity index (χ4n) is 4.45. The van der Waals surface area contributed by atoms with Crippen LogP contribution in [0.4, 0.5) is 0 Å². The Morgan fingerprint density at radius 3 is 2.88 bits per heavy atom. The summed E-state index contributed by atoms with van der Waals surface area (Å²) >= 11 is 1.98. The first-order valence-electron chi connectivity index (χ1n) is 6.68. The molecule has 1 spiro atoms. The Hall–Kier alpha value is -0.340. The molecular weight excluding hydrogens is 214 g/mol. The van der Waals surface area contributed by atoms with Gasteiger partial charge in [-0.1, -0.05) is 12.8 Å². The van der Waals surface area contributed by atoms with E-state index < -0.39 is 0 Å². The van der Waals surface area contributed by atoms with E-state index in [0.29, 0.717) is 5.54 Å². The highest BCUT2D eigenvalue weighted by Gasteiger charge is 2.46. The minimum atomic E-state index is 0.387. The van der Waals surface area contributed by atoms with E-state index in [-0.39, 0.29) is 0 Å². The summed E-state index contributed by atoms with van der Waals surface area (Å²) in [6.45, 7) is 1.20. The van der Waals surface area contributed by atoms with Crippen molar-refractivity contribution in [2.45, 2.75) is 44.1 Å². The predicted molar refractivity (Wildman–Crippen MR) is 67.8 cm³/mol. The normalized spacial score (nSPS) is 41.2. The third-order valence-corrected chi connectivity index (χ3v) is 5.98. The summed E-state index contributed by atoms with van der Waals surface area (Å²) in [5.74, 6) is 2.02. The molecule has 1 aromatic heterocycles. The maximum Gasteiger partial charge on any atom is 0.0451 e. The van der Waals surface area contributed by atoms with Crippen molar-refractivity contribution in [2.75, 3.05) is 6.54 Å². The van der Waals surface area contributed by atoms with Gasteiger partial charge >= 0.3 is 0 Å². The maximum absolute atomic E-state index is 3.88. The Labute approximate surface area is 101 Å². The van der Waals surface area contributed by atoms with Crippen LogP contribution in [0.15, 0.2) is 11.4 Å². The van der Waals surface area contributed by atoms with Crippen LogP contribution in [-0.2, 0) is 12.0 Å². The zero-order chi connectivity index (χ0) is 10.6. The molecule has 2 heteroatoms. The lowest BCUT2D eigenvalue weighted by Gasteiger charge is -2.44. The molecule has 3 aliphatic rings. The second-order valence-electron chi connectivity index (χ2n) is 5.97. The molecule has 1 unspecified atom stereocenters. The van der Waals surface area contributed by atoms with Crippen molar-refractivity contribution >= 4 is 11.3 Å². The van der Waals surface area contributed by atoms with Crippen LogP contribution < -0.4 is 5.32 Å². The monoisotopic (exact) mass is 233 g/mol.